The second-order valence-corrected chi connectivity index (χ2v) is 5.30. The van der Waals surface area contributed by atoms with E-state index < -0.39 is 5.82 Å². The summed E-state index contributed by atoms with van der Waals surface area (Å²) in [5.41, 5.74) is 2.31. The summed E-state index contributed by atoms with van der Waals surface area (Å²) in [6.07, 6.45) is 2.24. The van der Waals surface area contributed by atoms with Gasteiger partial charge in [0.2, 0.25) is 5.91 Å². The molecule has 4 nitrogen and oxygen atoms in total. The lowest BCUT2D eigenvalue weighted by atomic mass is 10.1. The molecule has 0 fully saturated rings. The van der Waals surface area contributed by atoms with Gasteiger partial charge in [-0.1, -0.05) is 11.6 Å². The molecule has 0 saturated heterocycles. The maximum atomic E-state index is 13.2. The highest BCUT2D eigenvalue weighted by molar-refractivity contribution is 6.31. The van der Waals surface area contributed by atoms with E-state index in [4.69, 9.17) is 11.6 Å². The van der Waals surface area contributed by atoms with Gasteiger partial charge in [0, 0.05) is 25.4 Å². The van der Waals surface area contributed by atoms with Crippen molar-refractivity contribution in [2.45, 2.75) is 12.5 Å². The number of pyridine rings is 1. The first-order valence-electron chi connectivity index (χ1n) is 6.49. The molecule has 108 valence electrons. The van der Waals surface area contributed by atoms with Gasteiger partial charge in [0.1, 0.15) is 11.9 Å². The SMILES string of the molecule is CN(C(=O)C1Cc2ncccc2N1)c1ccc(F)c(Cl)c1. The summed E-state index contributed by atoms with van der Waals surface area (Å²) >= 11 is 5.76. The van der Waals surface area contributed by atoms with Crippen LogP contribution >= 0.6 is 11.6 Å². The Labute approximate surface area is 126 Å². The molecule has 1 amide bonds. The van der Waals surface area contributed by atoms with E-state index in [0.717, 1.165) is 11.4 Å². The molecule has 1 aliphatic heterocycles. The Hall–Kier alpha value is -2.14. The molecule has 1 atom stereocenters. The summed E-state index contributed by atoms with van der Waals surface area (Å²) in [5, 5.41) is 3.15. The molecule has 2 aromatic rings. The smallest absolute Gasteiger partial charge is 0.249 e. The van der Waals surface area contributed by atoms with Crippen LogP contribution in [-0.2, 0) is 11.2 Å². The molecule has 21 heavy (non-hydrogen) atoms. The molecular formula is C15H13ClFN3O. The number of halogens is 2. The van der Waals surface area contributed by atoms with Gasteiger partial charge in [-0.05, 0) is 30.3 Å². The molecule has 0 spiro atoms. The molecule has 0 bridgehead atoms. The molecule has 0 radical (unpaired) electrons. The predicted molar refractivity (Wildman–Crippen MR) is 80.2 cm³/mol. The topological polar surface area (TPSA) is 45.2 Å². The molecule has 1 aromatic heterocycles. The Bertz CT molecular complexity index is 682. The Balaban J connectivity index is 1.78. The fourth-order valence-electron chi connectivity index (χ4n) is 2.37. The van der Waals surface area contributed by atoms with Crippen LogP contribution in [0.5, 0.6) is 0 Å². The molecule has 0 aliphatic carbocycles. The average molecular weight is 306 g/mol. The second kappa shape index (κ2) is 5.33. The molecular weight excluding hydrogens is 293 g/mol. The van der Waals surface area contributed by atoms with Crippen molar-refractivity contribution < 1.29 is 9.18 Å². The third kappa shape index (κ3) is 2.56. The number of rotatable bonds is 2. The summed E-state index contributed by atoms with van der Waals surface area (Å²) in [5.74, 6) is -0.618. The summed E-state index contributed by atoms with van der Waals surface area (Å²) in [7, 11) is 1.64. The standard InChI is InChI=1S/C15H13ClFN3O/c1-20(9-4-5-11(17)10(16)7-9)15(21)14-8-13-12(19-14)3-2-6-18-13/h2-7,14,19H,8H2,1H3. The van der Waals surface area contributed by atoms with E-state index in [1.54, 1.807) is 13.2 Å². The van der Waals surface area contributed by atoms with Gasteiger partial charge in [-0.2, -0.15) is 0 Å². The van der Waals surface area contributed by atoms with Crippen LogP contribution in [0.2, 0.25) is 5.02 Å². The van der Waals surface area contributed by atoms with Gasteiger partial charge in [-0.3, -0.25) is 9.78 Å². The van der Waals surface area contributed by atoms with Gasteiger partial charge in [-0.15, -0.1) is 0 Å². The van der Waals surface area contributed by atoms with E-state index in [-0.39, 0.29) is 17.0 Å². The number of fused-ring (bicyclic) bond motifs is 1. The monoisotopic (exact) mass is 305 g/mol. The van der Waals surface area contributed by atoms with Crippen molar-refractivity contribution in [3.8, 4) is 0 Å². The molecule has 1 unspecified atom stereocenters. The van der Waals surface area contributed by atoms with Crippen molar-refractivity contribution in [1.29, 1.82) is 0 Å². The first kappa shape index (κ1) is 13.8. The highest BCUT2D eigenvalue weighted by atomic mass is 35.5. The molecule has 1 aromatic carbocycles. The summed E-state index contributed by atoms with van der Waals surface area (Å²) in [6, 6.07) is 7.56. The number of likely N-dealkylation sites (N-methyl/N-ethyl adjacent to an activating group) is 1. The number of benzene rings is 1. The van der Waals surface area contributed by atoms with Crippen molar-refractivity contribution in [2.75, 3.05) is 17.3 Å². The largest absolute Gasteiger partial charge is 0.372 e. The average Bonchev–Trinajstić information content (AvgIpc) is 2.92. The molecule has 0 saturated carbocycles. The number of amides is 1. The molecule has 6 heteroatoms. The van der Waals surface area contributed by atoms with Crippen molar-refractivity contribution in [3.63, 3.8) is 0 Å². The lowest BCUT2D eigenvalue weighted by Crippen LogP contribution is -2.40. The quantitative estimate of drug-likeness (QED) is 0.928. The lowest BCUT2D eigenvalue weighted by molar-refractivity contribution is -0.118. The number of nitrogens with one attached hydrogen (secondary N) is 1. The van der Waals surface area contributed by atoms with Crippen LogP contribution in [0, 0.1) is 5.82 Å². The lowest BCUT2D eigenvalue weighted by Gasteiger charge is -2.21. The van der Waals surface area contributed by atoms with Crippen LogP contribution in [0.15, 0.2) is 36.5 Å². The van der Waals surface area contributed by atoms with Crippen molar-refractivity contribution >= 4 is 28.9 Å². The Morgan fingerprint density at radius 2 is 2.29 bits per heavy atom. The van der Waals surface area contributed by atoms with Crippen molar-refractivity contribution in [3.05, 3.63) is 53.1 Å². The minimum atomic E-state index is -0.503. The number of carbonyl (C=O) groups excluding carboxylic acids is 1. The zero-order chi connectivity index (χ0) is 15.0. The van der Waals surface area contributed by atoms with Crippen LogP contribution in [0.25, 0.3) is 0 Å². The van der Waals surface area contributed by atoms with Gasteiger partial charge in [0.05, 0.1) is 16.4 Å². The van der Waals surface area contributed by atoms with Crippen LogP contribution in [0.4, 0.5) is 15.8 Å². The summed E-state index contributed by atoms with van der Waals surface area (Å²) in [4.78, 5) is 18.2. The van der Waals surface area contributed by atoms with Gasteiger partial charge in [0.15, 0.2) is 0 Å². The van der Waals surface area contributed by atoms with E-state index in [1.807, 2.05) is 12.1 Å². The second-order valence-electron chi connectivity index (χ2n) is 4.89. The molecule has 3 rings (SSSR count). The third-order valence-electron chi connectivity index (χ3n) is 3.54. The van der Waals surface area contributed by atoms with E-state index in [0.29, 0.717) is 12.1 Å². The van der Waals surface area contributed by atoms with Crippen molar-refractivity contribution in [2.24, 2.45) is 0 Å². The minimum Gasteiger partial charge on any atom is -0.372 e. The number of nitrogens with zero attached hydrogens (tertiary/aromatic N) is 2. The van der Waals surface area contributed by atoms with Crippen molar-refractivity contribution in [1.82, 2.24) is 4.98 Å². The van der Waals surface area contributed by atoms with Crippen LogP contribution in [-0.4, -0.2) is 24.0 Å². The summed E-state index contributed by atoms with van der Waals surface area (Å²) in [6.45, 7) is 0. The predicted octanol–water partition coefficient (Wildman–Crippen LogP) is 2.87. The fraction of sp³-hybridized carbons (Fsp3) is 0.200. The normalized spacial score (nSPS) is 16.2. The Morgan fingerprint density at radius 3 is 3.00 bits per heavy atom. The van der Waals surface area contributed by atoms with Crippen LogP contribution < -0.4 is 10.2 Å². The Morgan fingerprint density at radius 1 is 1.48 bits per heavy atom. The van der Waals surface area contributed by atoms with Crippen LogP contribution in [0.3, 0.4) is 0 Å². The van der Waals surface area contributed by atoms with E-state index in [2.05, 4.69) is 10.3 Å². The minimum absolute atomic E-state index is 0.00326. The molecule has 2 heterocycles. The van der Waals surface area contributed by atoms with Gasteiger partial charge in [0.25, 0.3) is 0 Å². The first-order valence-corrected chi connectivity index (χ1v) is 6.87. The number of aromatic nitrogens is 1. The number of anilines is 2. The number of carbonyl (C=O) groups is 1. The molecule has 1 aliphatic rings. The van der Waals surface area contributed by atoms with E-state index in [9.17, 15) is 9.18 Å². The zero-order valence-corrected chi connectivity index (χ0v) is 12.1. The molecule has 1 N–H and O–H groups in total. The highest BCUT2D eigenvalue weighted by Gasteiger charge is 2.30. The van der Waals surface area contributed by atoms with Gasteiger partial charge >= 0.3 is 0 Å². The van der Waals surface area contributed by atoms with Gasteiger partial charge < -0.3 is 10.2 Å². The fourth-order valence-corrected chi connectivity index (χ4v) is 2.54. The zero-order valence-electron chi connectivity index (χ0n) is 11.3. The number of hydrogen-bond donors (Lipinski definition) is 1. The third-order valence-corrected chi connectivity index (χ3v) is 3.83. The summed E-state index contributed by atoms with van der Waals surface area (Å²) < 4.78 is 13.2. The maximum Gasteiger partial charge on any atom is 0.249 e. The highest BCUT2D eigenvalue weighted by Crippen LogP contribution is 2.26. The Kier molecular flexibility index (Phi) is 3.51. The first-order chi connectivity index (χ1) is 10.1. The van der Waals surface area contributed by atoms with Gasteiger partial charge in [-0.25, -0.2) is 4.39 Å². The maximum absolute atomic E-state index is 13.2. The van der Waals surface area contributed by atoms with E-state index >= 15 is 0 Å². The number of hydrogen-bond acceptors (Lipinski definition) is 3. The van der Waals surface area contributed by atoms with Crippen LogP contribution in [0.1, 0.15) is 5.69 Å². The van der Waals surface area contributed by atoms with E-state index in [1.165, 1.54) is 23.1 Å².